The number of hydrogen-bond acceptors (Lipinski definition) is 5. The van der Waals surface area contributed by atoms with Gasteiger partial charge in [-0.15, -0.1) is 0 Å². The summed E-state index contributed by atoms with van der Waals surface area (Å²) < 4.78 is 1.75. The van der Waals surface area contributed by atoms with E-state index in [1.807, 2.05) is 20.9 Å². The Morgan fingerprint density at radius 3 is 3.00 bits per heavy atom. The molecule has 21 heavy (non-hydrogen) atoms. The Morgan fingerprint density at radius 2 is 2.43 bits per heavy atom. The van der Waals surface area contributed by atoms with Crippen molar-refractivity contribution in [3.8, 4) is 0 Å². The lowest BCUT2D eigenvalue weighted by molar-refractivity contribution is -0.147. The van der Waals surface area contributed by atoms with Crippen LogP contribution in [0.15, 0.2) is 11.5 Å². The number of rotatable bonds is 7. The van der Waals surface area contributed by atoms with Crippen LogP contribution < -0.4 is 5.32 Å². The number of nitrogens with zero attached hydrogens (tertiary/aromatic N) is 3. The van der Waals surface area contributed by atoms with Crippen LogP contribution in [-0.4, -0.2) is 43.2 Å². The van der Waals surface area contributed by atoms with E-state index in [1.54, 1.807) is 22.8 Å². The molecule has 118 valence electrons. The van der Waals surface area contributed by atoms with Gasteiger partial charge in [-0.25, -0.2) is 9.67 Å². The Kier molecular flexibility index (Phi) is 5.27. The van der Waals surface area contributed by atoms with Crippen molar-refractivity contribution in [2.45, 2.75) is 56.3 Å². The van der Waals surface area contributed by atoms with Crippen molar-refractivity contribution < 1.29 is 9.90 Å². The smallest absolute Gasteiger partial charge is 0.324 e. The second-order valence-corrected chi connectivity index (χ2v) is 7.03. The third-order valence-corrected chi connectivity index (χ3v) is 5.18. The number of aromatic nitrogens is 3. The fraction of sp³-hybridized carbons (Fsp3) is 0.786. The summed E-state index contributed by atoms with van der Waals surface area (Å²) >= 11 is 1.64. The zero-order chi connectivity index (χ0) is 15.5. The summed E-state index contributed by atoms with van der Waals surface area (Å²) in [4.78, 5) is 16.0. The highest BCUT2D eigenvalue weighted by Gasteiger charge is 2.48. The molecule has 1 saturated carbocycles. The Bertz CT molecular complexity index is 491. The molecule has 1 aromatic heterocycles. The van der Waals surface area contributed by atoms with Gasteiger partial charge in [-0.3, -0.25) is 10.1 Å². The van der Waals surface area contributed by atoms with Crippen LogP contribution in [0.1, 0.15) is 39.5 Å². The van der Waals surface area contributed by atoms with E-state index in [2.05, 4.69) is 15.4 Å². The topological polar surface area (TPSA) is 80.0 Å². The lowest BCUT2D eigenvalue weighted by Crippen LogP contribution is -2.57. The normalized spacial score (nSPS) is 25.6. The molecule has 0 radical (unpaired) electrons. The van der Waals surface area contributed by atoms with Crippen LogP contribution in [0.4, 0.5) is 0 Å². The lowest BCUT2D eigenvalue weighted by Gasteiger charge is -2.34. The van der Waals surface area contributed by atoms with Gasteiger partial charge in [0.15, 0.2) is 5.16 Å². The molecule has 0 amide bonds. The molecule has 1 heterocycles. The number of carboxylic acid groups (broad SMARTS) is 1. The van der Waals surface area contributed by atoms with Crippen molar-refractivity contribution in [1.29, 1.82) is 0 Å². The number of nitrogens with one attached hydrogen (secondary N) is 1. The van der Waals surface area contributed by atoms with E-state index in [0.29, 0.717) is 0 Å². The summed E-state index contributed by atoms with van der Waals surface area (Å²) in [5.74, 6) is 0.340. The van der Waals surface area contributed by atoms with Crippen molar-refractivity contribution in [1.82, 2.24) is 20.1 Å². The molecule has 1 aromatic rings. The predicted octanol–water partition coefficient (Wildman–Crippen LogP) is 1.92. The average Bonchev–Trinajstić information content (AvgIpc) is 2.97. The summed E-state index contributed by atoms with van der Waals surface area (Å²) in [6.07, 6.45) is 5.10. The SMILES string of the molecule is CC(C)NC1(C(=O)O)CCCC1CCSc1ncnn1C. The molecule has 0 aromatic carbocycles. The molecule has 0 saturated heterocycles. The average molecular weight is 312 g/mol. The molecule has 2 N–H and O–H groups in total. The van der Waals surface area contributed by atoms with Crippen LogP contribution in [0.25, 0.3) is 0 Å². The van der Waals surface area contributed by atoms with Crippen LogP contribution in [0.3, 0.4) is 0 Å². The fourth-order valence-electron chi connectivity index (χ4n) is 3.23. The second kappa shape index (κ2) is 6.79. The molecule has 2 unspecified atom stereocenters. The molecule has 0 aliphatic heterocycles. The number of thioether (sulfide) groups is 1. The molecule has 1 aliphatic rings. The summed E-state index contributed by atoms with van der Waals surface area (Å²) in [5.41, 5.74) is -0.755. The first-order chi connectivity index (χ1) is 9.95. The van der Waals surface area contributed by atoms with E-state index in [0.717, 1.165) is 36.6 Å². The van der Waals surface area contributed by atoms with E-state index in [-0.39, 0.29) is 12.0 Å². The van der Waals surface area contributed by atoms with Crippen molar-refractivity contribution in [3.05, 3.63) is 6.33 Å². The standard InChI is InChI=1S/C14H24N4O2S/c1-10(2)17-14(12(19)20)7-4-5-11(14)6-8-21-13-15-9-16-18(13)3/h9-11,17H,4-8H2,1-3H3,(H,19,20). The third-order valence-electron chi connectivity index (χ3n) is 4.12. The predicted molar refractivity (Wildman–Crippen MR) is 82.3 cm³/mol. The van der Waals surface area contributed by atoms with Gasteiger partial charge in [0.2, 0.25) is 0 Å². The summed E-state index contributed by atoms with van der Waals surface area (Å²) in [7, 11) is 1.87. The molecular formula is C14H24N4O2S. The molecule has 7 heteroatoms. The van der Waals surface area contributed by atoms with Crippen LogP contribution in [0, 0.1) is 5.92 Å². The monoisotopic (exact) mass is 312 g/mol. The molecule has 0 bridgehead atoms. The van der Waals surface area contributed by atoms with Crippen LogP contribution >= 0.6 is 11.8 Å². The Balaban J connectivity index is 1.97. The van der Waals surface area contributed by atoms with E-state index in [9.17, 15) is 9.90 Å². The van der Waals surface area contributed by atoms with Gasteiger partial charge in [-0.1, -0.05) is 18.2 Å². The summed E-state index contributed by atoms with van der Waals surface area (Å²) in [6, 6.07) is 0.174. The Labute approximate surface area is 129 Å². The molecule has 2 atom stereocenters. The molecule has 6 nitrogen and oxygen atoms in total. The van der Waals surface area contributed by atoms with Gasteiger partial charge in [0.25, 0.3) is 0 Å². The number of carbonyl (C=O) groups is 1. The van der Waals surface area contributed by atoms with E-state index in [4.69, 9.17) is 0 Å². The highest BCUT2D eigenvalue weighted by Crippen LogP contribution is 2.39. The number of aliphatic carboxylic acids is 1. The van der Waals surface area contributed by atoms with Crippen LogP contribution in [0.2, 0.25) is 0 Å². The van der Waals surface area contributed by atoms with Crippen LogP contribution in [0.5, 0.6) is 0 Å². The maximum absolute atomic E-state index is 11.8. The maximum Gasteiger partial charge on any atom is 0.324 e. The number of carboxylic acids is 1. The van der Waals surface area contributed by atoms with Crippen LogP contribution in [-0.2, 0) is 11.8 Å². The second-order valence-electron chi connectivity index (χ2n) is 5.97. The van der Waals surface area contributed by atoms with Gasteiger partial charge >= 0.3 is 5.97 Å². The molecule has 0 spiro atoms. The van der Waals surface area contributed by atoms with Crippen molar-refractivity contribution in [3.63, 3.8) is 0 Å². The maximum atomic E-state index is 11.8. The fourth-order valence-corrected chi connectivity index (χ4v) is 4.17. The Hall–Kier alpha value is -1.08. The van der Waals surface area contributed by atoms with E-state index in [1.165, 1.54) is 0 Å². The summed E-state index contributed by atoms with van der Waals surface area (Å²) in [6.45, 7) is 4.02. The van der Waals surface area contributed by atoms with E-state index < -0.39 is 11.5 Å². The van der Waals surface area contributed by atoms with Gasteiger partial charge in [-0.05, 0) is 39.0 Å². The zero-order valence-electron chi connectivity index (χ0n) is 12.9. The molecule has 2 rings (SSSR count). The summed E-state index contributed by atoms with van der Waals surface area (Å²) in [5, 5.41) is 18.0. The van der Waals surface area contributed by atoms with Crippen molar-refractivity contribution in [2.24, 2.45) is 13.0 Å². The number of hydrogen-bond donors (Lipinski definition) is 2. The highest BCUT2D eigenvalue weighted by molar-refractivity contribution is 7.99. The van der Waals surface area contributed by atoms with Gasteiger partial charge in [0.1, 0.15) is 11.9 Å². The minimum atomic E-state index is -0.755. The van der Waals surface area contributed by atoms with Gasteiger partial charge in [-0.2, -0.15) is 5.10 Å². The molecule has 1 fully saturated rings. The molecule has 1 aliphatic carbocycles. The van der Waals surface area contributed by atoms with Gasteiger partial charge in [0, 0.05) is 18.8 Å². The van der Waals surface area contributed by atoms with Gasteiger partial charge < -0.3 is 5.11 Å². The first-order valence-electron chi connectivity index (χ1n) is 7.43. The van der Waals surface area contributed by atoms with Crippen molar-refractivity contribution >= 4 is 17.7 Å². The largest absolute Gasteiger partial charge is 0.480 e. The van der Waals surface area contributed by atoms with Crippen molar-refractivity contribution in [2.75, 3.05) is 5.75 Å². The first kappa shape index (κ1) is 16.3. The van der Waals surface area contributed by atoms with Gasteiger partial charge in [0.05, 0.1) is 0 Å². The first-order valence-corrected chi connectivity index (χ1v) is 8.42. The number of aryl methyl sites for hydroxylation is 1. The highest BCUT2D eigenvalue weighted by atomic mass is 32.2. The molecular weight excluding hydrogens is 288 g/mol. The lowest BCUT2D eigenvalue weighted by atomic mass is 9.84. The zero-order valence-corrected chi connectivity index (χ0v) is 13.7. The minimum absolute atomic E-state index is 0.174. The minimum Gasteiger partial charge on any atom is -0.480 e. The third kappa shape index (κ3) is 3.58. The Morgan fingerprint density at radius 1 is 1.67 bits per heavy atom. The quantitative estimate of drug-likeness (QED) is 0.749. The van der Waals surface area contributed by atoms with E-state index >= 15 is 0 Å².